The zero-order valence-electron chi connectivity index (χ0n) is 16.2. The molecule has 1 saturated carbocycles. The molecule has 1 aliphatic heterocycles. The van der Waals surface area contributed by atoms with Crippen LogP contribution in [0.25, 0.3) is 5.69 Å². The molecule has 0 bridgehead atoms. The summed E-state index contributed by atoms with van der Waals surface area (Å²) in [5.41, 5.74) is 8.63. The van der Waals surface area contributed by atoms with Gasteiger partial charge >= 0.3 is 0 Å². The van der Waals surface area contributed by atoms with Gasteiger partial charge in [-0.25, -0.2) is 4.98 Å². The molecule has 5 rings (SSSR count). The number of rotatable bonds is 3. The molecule has 6 nitrogen and oxygen atoms in total. The summed E-state index contributed by atoms with van der Waals surface area (Å²) in [6.07, 6.45) is 7.48. The van der Waals surface area contributed by atoms with Crippen LogP contribution in [0.5, 0.6) is 5.88 Å². The second kappa shape index (κ2) is 7.76. The van der Waals surface area contributed by atoms with Gasteiger partial charge in [0.15, 0.2) is 0 Å². The molecule has 1 aliphatic carbocycles. The van der Waals surface area contributed by atoms with Gasteiger partial charge in [-0.05, 0) is 61.9 Å². The molecule has 0 radical (unpaired) electrons. The van der Waals surface area contributed by atoms with E-state index in [0.717, 1.165) is 66.4 Å². The number of hydrogen-bond acceptors (Lipinski definition) is 5. The molecule has 1 aromatic carbocycles. The van der Waals surface area contributed by atoms with Crippen LogP contribution >= 0.6 is 11.6 Å². The van der Waals surface area contributed by atoms with E-state index in [4.69, 9.17) is 22.1 Å². The van der Waals surface area contributed by atoms with Crippen LogP contribution in [0.4, 0.5) is 0 Å². The Balaban J connectivity index is 1.38. The van der Waals surface area contributed by atoms with Gasteiger partial charge in [0.05, 0.1) is 5.69 Å². The Kier molecular flexibility index (Phi) is 4.97. The fourth-order valence-corrected chi connectivity index (χ4v) is 4.74. The van der Waals surface area contributed by atoms with Gasteiger partial charge in [0.25, 0.3) is 0 Å². The molecule has 1 fully saturated rings. The smallest absolute Gasteiger partial charge is 0.213 e. The molecule has 0 amide bonds. The Bertz CT molecular complexity index is 998. The highest BCUT2D eigenvalue weighted by Crippen LogP contribution is 2.36. The van der Waals surface area contributed by atoms with Crippen LogP contribution < -0.4 is 10.5 Å². The van der Waals surface area contributed by atoms with E-state index in [1.165, 1.54) is 0 Å². The van der Waals surface area contributed by atoms with Crippen molar-refractivity contribution in [1.29, 1.82) is 0 Å². The topological polar surface area (TPSA) is 78.9 Å². The number of fused-ring (bicyclic) bond motifs is 3. The highest BCUT2D eigenvalue weighted by Gasteiger charge is 2.31. The molecular formula is C22H24ClN5O. The van der Waals surface area contributed by atoms with E-state index in [9.17, 15) is 0 Å². The van der Waals surface area contributed by atoms with E-state index in [1.54, 1.807) is 6.20 Å². The zero-order valence-corrected chi connectivity index (χ0v) is 16.9. The normalized spacial score (nSPS) is 23.7. The average Bonchev–Trinajstić information content (AvgIpc) is 3.06. The van der Waals surface area contributed by atoms with E-state index < -0.39 is 0 Å². The predicted octanol–water partition coefficient (Wildman–Crippen LogP) is 3.85. The molecule has 7 heteroatoms. The van der Waals surface area contributed by atoms with Crippen molar-refractivity contribution in [3.63, 3.8) is 0 Å². The van der Waals surface area contributed by atoms with Gasteiger partial charge < -0.3 is 10.5 Å². The molecule has 1 unspecified atom stereocenters. The summed E-state index contributed by atoms with van der Waals surface area (Å²) in [6.45, 7) is 0. The molecule has 0 saturated heterocycles. The number of nitrogens with two attached hydrogens (primary N) is 1. The van der Waals surface area contributed by atoms with Crippen LogP contribution in [0.1, 0.15) is 48.8 Å². The maximum absolute atomic E-state index is 6.35. The van der Waals surface area contributed by atoms with Crippen molar-refractivity contribution in [2.75, 3.05) is 0 Å². The van der Waals surface area contributed by atoms with Crippen molar-refractivity contribution in [1.82, 2.24) is 19.7 Å². The highest BCUT2D eigenvalue weighted by molar-refractivity contribution is 6.30. The summed E-state index contributed by atoms with van der Waals surface area (Å²) < 4.78 is 8.28. The van der Waals surface area contributed by atoms with Crippen molar-refractivity contribution in [2.24, 2.45) is 5.73 Å². The number of halogens is 1. The Morgan fingerprint density at radius 2 is 1.90 bits per heavy atom. The molecule has 29 heavy (non-hydrogen) atoms. The first-order valence-corrected chi connectivity index (χ1v) is 10.6. The minimum atomic E-state index is 0.0213. The second-order valence-electron chi connectivity index (χ2n) is 8.01. The standard InChI is InChI=1S/C22H24ClN5O/c23-16-6-9-19-15(11-16)12-17(24)13-20-26-27-22(28(19)20)14-4-7-18(8-5-14)29-21-3-1-2-10-25-21/h1-3,6,9-11,14,17-18H,4-5,7-8,12-13,24H2. The lowest BCUT2D eigenvalue weighted by Gasteiger charge is -2.28. The van der Waals surface area contributed by atoms with E-state index in [2.05, 4.69) is 25.8 Å². The first-order valence-electron chi connectivity index (χ1n) is 10.2. The lowest BCUT2D eigenvalue weighted by molar-refractivity contribution is 0.139. The van der Waals surface area contributed by atoms with Gasteiger partial charge in [0, 0.05) is 35.7 Å². The van der Waals surface area contributed by atoms with E-state index in [1.807, 2.05) is 30.3 Å². The van der Waals surface area contributed by atoms with Crippen molar-refractivity contribution < 1.29 is 4.74 Å². The molecule has 2 N–H and O–H groups in total. The SMILES string of the molecule is NC1Cc2cc(Cl)ccc2-n2c(nnc2C2CCC(Oc3ccccn3)CC2)C1. The number of nitrogens with zero attached hydrogens (tertiary/aromatic N) is 4. The third-order valence-electron chi connectivity index (χ3n) is 5.93. The first-order chi connectivity index (χ1) is 14.2. The zero-order chi connectivity index (χ0) is 19.8. The van der Waals surface area contributed by atoms with E-state index in [0.29, 0.717) is 11.8 Å². The van der Waals surface area contributed by atoms with Crippen LogP contribution in [-0.2, 0) is 12.8 Å². The number of hydrogen-bond donors (Lipinski definition) is 1. The third kappa shape index (κ3) is 3.74. The third-order valence-corrected chi connectivity index (χ3v) is 6.16. The van der Waals surface area contributed by atoms with Crippen molar-refractivity contribution in [3.05, 3.63) is 64.8 Å². The Morgan fingerprint density at radius 3 is 2.69 bits per heavy atom. The van der Waals surface area contributed by atoms with Crippen LogP contribution in [0, 0.1) is 0 Å². The molecule has 1 atom stereocenters. The van der Waals surface area contributed by atoms with Gasteiger partial charge in [-0.3, -0.25) is 4.57 Å². The first kappa shape index (κ1) is 18.6. The van der Waals surface area contributed by atoms with Gasteiger partial charge in [-0.15, -0.1) is 10.2 Å². The van der Waals surface area contributed by atoms with Crippen molar-refractivity contribution in [2.45, 2.75) is 56.6 Å². The summed E-state index contributed by atoms with van der Waals surface area (Å²) >= 11 is 6.25. The number of ether oxygens (including phenoxy) is 1. The number of pyridine rings is 1. The number of aromatic nitrogens is 4. The van der Waals surface area contributed by atoms with Crippen LogP contribution in [0.3, 0.4) is 0 Å². The van der Waals surface area contributed by atoms with Crippen molar-refractivity contribution >= 4 is 11.6 Å². The molecule has 2 aliphatic rings. The van der Waals surface area contributed by atoms with E-state index >= 15 is 0 Å². The molecule has 150 valence electrons. The average molecular weight is 410 g/mol. The summed E-state index contributed by atoms with van der Waals surface area (Å²) in [4.78, 5) is 4.28. The summed E-state index contributed by atoms with van der Waals surface area (Å²) in [5.74, 6) is 3.04. The minimum Gasteiger partial charge on any atom is -0.474 e. The predicted molar refractivity (Wildman–Crippen MR) is 112 cm³/mol. The van der Waals surface area contributed by atoms with Gasteiger partial charge in [-0.2, -0.15) is 0 Å². The lowest BCUT2D eigenvalue weighted by Crippen LogP contribution is -2.25. The molecule has 2 aromatic heterocycles. The van der Waals surface area contributed by atoms with Crippen LogP contribution in [0.15, 0.2) is 42.6 Å². The fraction of sp³-hybridized carbons (Fsp3) is 0.409. The minimum absolute atomic E-state index is 0.0213. The largest absolute Gasteiger partial charge is 0.474 e. The second-order valence-corrected chi connectivity index (χ2v) is 8.45. The molecule has 3 aromatic rings. The summed E-state index contributed by atoms with van der Waals surface area (Å²) in [6, 6.07) is 11.8. The lowest BCUT2D eigenvalue weighted by atomic mass is 9.86. The van der Waals surface area contributed by atoms with Crippen LogP contribution in [0.2, 0.25) is 5.02 Å². The van der Waals surface area contributed by atoms with Gasteiger partial charge in [0.2, 0.25) is 5.88 Å². The Hall–Kier alpha value is -2.44. The monoisotopic (exact) mass is 409 g/mol. The summed E-state index contributed by atoms with van der Waals surface area (Å²) in [7, 11) is 0. The summed E-state index contributed by atoms with van der Waals surface area (Å²) in [5, 5.41) is 9.85. The molecule has 3 heterocycles. The number of benzene rings is 1. The van der Waals surface area contributed by atoms with Gasteiger partial charge in [0.1, 0.15) is 17.8 Å². The van der Waals surface area contributed by atoms with Gasteiger partial charge in [-0.1, -0.05) is 17.7 Å². The Labute approximate surface area is 175 Å². The quantitative estimate of drug-likeness (QED) is 0.710. The molecular weight excluding hydrogens is 386 g/mol. The molecule has 0 spiro atoms. The highest BCUT2D eigenvalue weighted by atomic mass is 35.5. The van der Waals surface area contributed by atoms with Crippen LogP contribution in [-0.4, -0.2) is 31.9 Å². The Morgan fingerprint density at radius 1 is 1.03 bits per heavy atom. The maximum Gasteiger partial charge on any atom is 0.213 e. The fourth-order valence-electron chi connectivity index (χ4n) is 4.54. The maximum atomic E-state index is 6.35. The van der Waals surface area contributed by atoms with E-state index in [-0.39, 0.29) is 12.1 Å². The van der Waals surface area contributed by atoms with Crippen molar-refractivity contribution in [3.8, 4) is 11.6 Å².